The molecular formula is C19H19ClN2O3S. The van der Waals surface area contributed by atoms with E-state index in [-0.39, 0.29) is 12.3 Å². The zero-order chi connectivity index (χ0) is 18.4. The van der Waals surface area contributed by atoms with Crippen molar-refractivity contribution in [3.63, 3.8) is 0 Å². The molecule has 0 bridgehead atoms. The fraction of sp³-hybridized carbons (Fsp3) is 0.263. The fourth-order valence-corrected chi connectivity index (χ4v) is 3.64. The molecule has 0 spiro atoms. The summed E-state index contributed by atoms with van der Waals surface area (Å²) >= 11 is 7.71. The number of carbonyl (C=O) groups is 1. The monoisotopic (exact) mass is 390 g/mol. The number of benzene rings is 1. The van der Waals surface area contributed by atoms with Crippen molar-refractivity contribution in [2.24, 2.45) is 0 Å². The van der Waals surface area contributed by atoms with E-state index in [9.17, 15) is 4.79 Å². The Kier molecular flexibility index (Phi) is 6.44. The second-order valence-corrected chi connectivity index (χ2v) is 6.95. The zero-order valence-electron chi connectivity index (χ0n) is 14.4. The van der Waals surface area contributed by atoms with Crippen molar-refractivity contribution >= 4 is 28.8 Å². The Morgan fingerprint density at radius 2 is 2.15 bits per heavy atom. The molecule has 5 nitrogen and oxygen atoms in total. The van der Waals surface area contributed by atoms with Crippen LogP contribution in [0.3, 0.4) is 0 Å². The van der Waals surface area contributed by atoms with E-state index in [0.29, 0.717) is 24.7 Å². The van der Waals surface area contributed by atoms with Crippen LogP contribution in [0.25, 0.3) is 10.6 Å². The molecule has 136 valence electrons. The van der Waals surface area contributed by atoms with Gasteiger partial charge in [-0.05, 0) is 18.2 Å². The normalized spacial score (nSPS) is 10.8. The van der Waals surface area contributed by atoms with Gasteiger partial charge >= 0.3 is 0 Å². The first-order chi connectivity index (χ1) is 12.7. The molecule has 0 fully saturated rings. The van der Waals surface area contributed by atoms with Crippen molar-refractivity contribution in [1.29, 1.82) is 0 Å². The molecule has 0 aliphatic rings. The Morgan fingerprint density at radius 3 is 2.88 bits per heavy atom. The third kappa shape index (κ3) is 4.72. The van der Waals surface area contributed by atoms with Gasteiger partial charge in [-0.1, -0.05) is 29.8 Å². The predicted molar refractivity (Wildman–Crippen MR) is 102 cm³/mol. The van der Waals surface area contributed by atoms with E-state index in [4.69, 9.17) is 20.8 Å². The van der Waals surface area contributed by atoms with Gasteiger partial charge in [-0.3, -0.25) is 4.79 Å². The number of aromatic nitrogens is 1. The molecule has 1 amide bonds. The number of ether oxygens (including phenoxy) is 1. The zero-order valence-corrected chi connectivity index (χ0v) is 15.9. The van der Waals surface area contributed by atoms with Crippen LogP contribution in [-0.2, 0) is 22.5 Å². The van der Waals surface area contributed by atoms with Crippen LogP contribution in [0.1, 0.15) is 11.5 Å². The van der Waals surface area contributed by atoms with Gasteiger partial charge in [-0.15, -0.1) is 11.3 Å². The van der Waals surface area contributed by atoms with Crippen LogP contribution in [0.5, 0.6) is 0 Å². The number of hydrogen-bond donors (Lipinski definition) is 0. The van der Waals surface area contributed by atoms with Crippen molar-refractivity contribution in [3.05, 3.63) is 64.5 Å². The molecular weight excluding hydrogens is 372 g/mol. The number of rotatable bonds is 8. The average molecular weight is 391 g/mol. The Bertz CT molecular complexity index is 848. The lowest BCUT2D eigenvalue weighted by Gasteiger charge is -2.21. The van der Waals surface area contributed by atoms with Gasteiger partial charge in [0.05, 0.1) is 36.6 Å². The number of hydrogen-bond acceptors (Lipinski definition) is 5. The van der Waals surface area contributed by atoms with E-state index >= 15 is 0 Å². The molecule has 0 saturated heterocycles. The van der Waals surface area contributed by atoms with Gasteiger partial charge in [0.1, 0.15) is 10.8 Å². The van der Waals surface area contributed by atoms with Crippen LogP contribution in [0, 0.1) is 0 Å². The first-order valence-electron chi connectivity index (χ1n) is 8.15. The average Bonchev–Trinajstić information content (AvgIpc) is 3.31. The Morgan fingerprint density at radius 1 is 1.31 bits per heavy atom. The Labute approximate surface area is 161 Å². The highest BCUT2D eigenvalue weighted by Gasteiger charge is 2.18. The number of nitrogens with zero attached hydrogens (tertiary/aromatic N) is 2. The highest BCUT2D eigenvalue weighted by atomic mass is 35.5. The molecule has 0 radical (unpaired) electrons. The summed E-state index contributed by atoms with van der Waals surface area (Å²) in [4.78, 5) is 19.0. The summed E-state index contributed by atoms with van der Waals surface area (Å²) in [6.45, 7) is 1.38. The first kappa shape index (κ1) is 18.6. The molecule has 0 aliphatic carbocycles. The minimum absolute atomic E-state index is 0.0190. The molecule has 26 heavy (non-hydrogen) atoms. The van der Waals surface area contributed by atoms with Crippen molar-refractivity contribution in [2.45, 2.75) is 13.0 Å². The van der Waals surface area contributed by atoms with Gasteiger partial charge < -0.3 is 14.1 Å². The standard InChI is InChI=1S/C19H19ClN2O3S/c1-24-10-8-22(12-15-5-4-9-25-15)18(23)11-14-13-26-19(21-14)16-6-2-3-7-17(16)20/h2-7,9,13H,8,10-12H2,1H3. The summed E-state index contributed by atoms with van der Waals surface area (Å²) in [5, 5.41) is 3.37. The molecule has 0 unspecified atom stereocenters. The Hall–Kier alpha value is -2.15. The third-order valence-electron chi connectivity index (χ3n) is 3.83. The molecule has 2 heterocycles. The number of carbonyl (C=O) groups excluding carboxylic acids is 1. The molecule has 0 atom stereocenters. The summed E-state index contributed by atoms with van der Waals surface area (Å²) in [7, 11) is 1.62. The van der Waals surface area contributed by atoms with Gasteiger partial charge in [0.25, 0.3) is 0 Å². The van der Waals surface area contributed by atoms with E-state index < -0.39 is 0 Å². The molecule has 3 aromatic rings. The molecule has 0 N–H and O–H groups in total. The summed E-state index contributed by atoms with van der Waals surface area (Å²) in [6, 6.07) is 11.2. The summed E-state index contributed by atoms with van der Waals surface area (Å²) in [5.74, 6) is 0.721. The van der Waals surface area contributed by atoms with E-state index in [1.807, 2.05) is 41.8 Å². The Balaban J connectivity index is 1.70. The minimum atomic E-state index is -0.0190. The van der Waals surface area contributed by atoms with Crippen LogP contribution >= 0.6 is 22.9 Å². The van der Waals surface area contributed by atoms with E-state index in [1.165, 1.54) is 11.3 Å². The maximum atomic E-state index is 12.7. The van der Waals surface area contributed by atoms with Crippen molar-refractivity contribution in [1.82, 2.24) is 9.88 Å². The topological polar surface area (TPSA) is 55.6 Å². The fourth-order valence-electron chi connectivity index (χ4n) is 2.50. The van der Waals surface area contributed by atoms with Crippen LogP contribution < -0.4 is 0 Å². The van der Waals surface area contributed by atoms with Gasteiger partial charge in [0.2, 0.25) is 5.91 Å². The first-order valence-corrected chi connectivity index (χ1v) is 9.41. The molecule has 0 aliphatic heterocycles. The van der Waals surface area contributed by atoms with Gasteiger partial charge in [0.15, 0.2) is 0 Å². The maximum absolute atomic E-state index is 12.7. The highest BCUT2D eigenvalue weighted by Crippen LogP contribution is 2.30. The van der Waals surface area contributed by atoms with Crippen LogP contribution in [0.4, 0.5) is 0 Å². The van der Waals surface area contributed by atoms with E-state index in [1.54, 1.807) is 18.3 Å². The van der Waals surface area contributed by atoms with Crippen LogP contribution in [0.15, 0.2) is 52.5 Å². The summed E-state index contributed by atoms with van der Waals surface area (Å²) < 4.78 is 10.5. The summed E-state index contributed by atoms with van der Waals surface area (Å²) in [5.41, 5.74) is 1.61. The molecule has 7 heteroatoms. The lowest BCUT2D eigenvalue weighted by molar-refractivity contribution is -0.132. The molecule has 1 aromatic carbocycles. The molecule has 0 saturated carbocycles. The number of methoxy groups -OCH3 is 1. The minimum Gasteiger partial charge on any atom is -0.467 e. The maximum Gasteiger partial charge on any atom is 0.229 e. The van der Waals surface area contributed by atoms with Crippen LogP contribution in [-0.4, -0.2) is 36.1 Å². The molecule has 3 rings (SSSR count). The van der Waals surface area contributed by atoms with E-state index in [0.717, 1.165) is 22.0 Å². The lowest BCUT2D eigenvalue weighted by Crippen LogP contribution is -2.34. The van der Waals surface area contributed by atoms with E-state index in [2.05, 4.69) is 4.98 Å². The van der Waals surface area contributed by atoms with Crippen molar-refractivity contribution in [2.75, 3.05) is 20.3 Å². The second-order valence-electron chi connectivity index (χ2n) is 5.69. The SMILES string of the molecule is COCCN(Cc1ccco1)C(=O)Cc1csc(-c2ccccc2Cl)n1. The highest BCUT2D eigenvalue weighted by molar-refractivity contribution is 7.13. The van der Waals surface area contributed by atoms with Crippen LogP contribution in [0.2, 0.25) is 5.02 Å². The molecule has 2 aromatic heterocycles. The van der Waals surface area contributed by atoms with Crippen molar-refractivity contribution < 1.29 is 13.9 Å². The summed E-state index contributed by atoms with van der Waals surface area (Å²) in [6.07, 6.45) is 1.83. The smallest absolute Gasteiger partial charge is 0.229 e. The van der Waals surface area contributed by atoms with Gasteiger partial charge in [0, 0.05) is 24.6 Å². The lowest BCUT2D eigenvalue weighted by atomic mass is 10.2. The quantitative estimate of drug-likeness (QED) is 0.576. The van der Waals surface area contributed by atoms with Crippen molar-refractivity contribution in [3.8, 4) is 10.6 Å². The third-order valence-corrected chi connectivity index (χ3v) is 5.09. The number of amides is 1. The predicted octanol–water partition coefficient (Wildman–Crippen LogP) is 4.27. The largest absolute Gasteiger partial charge is 0.467 e. The van der Waals surface area contributed by atoms with Gasteiger partial charge in [-0.2, -0.15) is 0 Å². The second kappa shape index (κ2) is 8.98. The van der Waals surface area contributed by atoms with Gasteiger partial charge in [-0.25, -0.2) is 4.98 Å². The number of thiazole rings is 1. The number of furan rings is 1. The number of halogens is 1.